The summed E-state index contributed by atoms with van der Waals surface area (Å²) in [6.07, 6.45) is 0. The molecule has 2 aromatic rings. The first kappa shape index (κ1) is 14.4. The maximum atomic E-state index is 11.0. The van der Waals surface area contributed by atoms with Crippen LogP contribution in [0.25, 0.3) is 0 Å². The molecule has 0 radical (unpaired) electrons. The molecule has 0 aliphatic carbocycles. The van der Waals surface area contributed by atoms with Gasteiger partial charge in [0.1, 0.15) is 5.69 Å². The minimum Gasteiger partial charge on any atom is -0.383 e. The van der Waals surface area contributed by atoms with Crippen molar-refractivity contribution >= 4 is 23.1 Å². The van der Waals surface area contributed by atoms with Crippen molar-refractivity contribution in [2.45, 2.75) is 17.6 Å². The molecular formula is C15H16N2O2S. The molecule has 1 N–H and O–H groups in total. The number of hydrogen-bond acceptors (Lipinski definition) is 4. The summed E-state index contributed by atoms with van der Waals surface area (Å²) in [6, 6.07) is 13.5. The van der Waals surface area contributed by atoms with Gasteiger partial charge in [-0.15, -0.1) is 11.8 Å². The summed E-state index contributed by atoms with van der Waals surface area (Å²) in [6.45, 7) is 2.05. The summed E-state index contributed by atoms with van der Waals surface area (Å²) in [7, 11) is 1.68. The topological polar surface area (TPSA) is 55.2 Å². The lowest BCUT2D eigenvalue weighted by molar-refractivity contribution is -0.384. The smallest absolute Gasteiger partial charge is 0.292 e. The van der Waals surface area contributed by atoms with Gasteiger partial charge in [0.25, 0.3) is 5.69 Å². The number of rotatable bonds is 5. The van der Waals surface area contributed by atoms with Crippen LogP contribution in [0, 0.1) is 17.0 Å². The molecule has 0 atom stereocenters. The van der Waals surface area contributed by atoms with Crippen LogP contribution in [-0.4, -0.2) is 12.0 Å². The summed E-state index contributed by atoms with van der Waals surface area (Å²) < 4.78 is 0. The van der Waals surface area contributed by atoms with Crippen LogP contribution < -0.4 is 5.32 Å². The predicted octanol–water partition coefficient (Wildman–Crippen LogP) is 4.24. The van der Waals surface area contributed by atoms with E-state index < -0.39 is 0 Å². The fourth-order valence-electron chi connectivity index (χ4n) is 1.90. The number of hydrogen-bond donors (Lipinski definition) is 1. The molecule has 0 saturated carbocycles. The van der Waals surface area contributed by atoms with E-state index in [9.17, 15) is 10.1 Å². The summed E-state index contributed by atoms with van der Waals surface area (Å²) in [5.41, 5.74) is 2.82. The third-order valence-corrected chi connectivity index (χ3v) is 3.99. The molecule has 4 nitrogen and oxygen atoms in total. The minimum atomic E-state index is -0.354. The third kappa shape index (κ3) is 3.51. The maximum absolute atomic E-state index is 11.0. The SMILES string of the molecule is CNc1ccc(CSc2cccc(C)c2)cc1[N+](=O)[O-]. The first-order chi connectivity index (χ1) is 9.60. The average Bonchev–Trinajstić information content (AvgIpc) is 2.45. The fourth-order valence-corrected chi connectivity index (χ4v) is 2.86. The first-order valence-electron chi connectivity index (χ1n) is 6.24. The minimum absolute atomic E-state index is 0.120. The zero-order valence-electron chi connectivity index (χ0n) is 11.4. The highest BCUT2D eigenvalue weighted by atomic mass is 32.2. The molecule has 2 rings (SSSR count). The van der Waals surface area contributed by atoms with E-state index in [-0.39, 0.29) is 10.6 Å². The van der Waals surface area contributed by atoms with Gasteiger partial charge in [0.05, 0.1) is 4.92 Å². The van der Waals surface area contributed by atoms with Crippen molar-refractivity contribution in [3.8, 4) is 0 Å². The number of thioether (sulfide) groups is 1. The van der Waals surface area contributed by atoms with Crippen LogP contribution in [-0.2, 0) is 5.75 Å². The van der Waals surface area contributed by atoms with Crippen molar-refractivity contribution in [1.29, 1.82) is 0 Å². The number of benzene rings is 2. The van der Waals surface area contributed by atoms with E-state index in [0.29, 0.717) is 11.4 Å². The van der Waals surface area contributed by atoms with Crippen LogP contribution in [0.15, 0.2) is 47.4 Å². The largest absolute Gasteiger partial charge is 0.383 e. The number of nitrogens with one attached hydrogen (secondary N) is 1. The van der Waals surface area contributed by atoms with Crippen LogP contribution in [0.2, 0.25) is 0 Å². The molecule has 2 aromatic carbocycles. The zero-order chi connectivity index (χ0) is 14.5. The van der Waals surface area contributed by atoms with Gasteiger partial charge in [-0.2, -0.15) is 0 Å². The van der Waals surface area contributed by atoms with E-state index in [4.69, 9.17) is 0 Å². The number of aryl methyl sites for hydroxylation is 1. The normalized spacial score (nSPS) is 10.3. The molecule has 20 heavy (non-hydrogen) atoms. The highest BCUT2D eigenvalue weighted by Crippen LogP contribution is 2.29. The molecule has 0 unspecified atom stereocenters. The van der Waals surface area contributed by atoms with Gasteiger partial charge in [0.15, 0.2) is 0 Å². The summed E-state index contributed by atoms with van der Waals surface area (Å²) in [5.74, 6) is 0.717. The molecule has 0 spiro atoms. The Morgan fingerprint density at radius 2 is 2.05 bits per heavy atom. The van der Waals surface area contributed by atoms with Gasteiger partial charge in [-0.1, -0.05) is 23.8 Å². The van der Waals surface area contributed by atoms with Crippen molar-refractivity contribution in [1.82, 2.24) is 0 Å². The van der Waals surface area contributed by atoms with Crippen LogP contribution >= 0.6 is 11.8 Å². The Kier molecular flexibility index (Phi) is 4.63. The Balaban J connectivity index is 2.14. The first-order valence-corrected chi connectivity index (χ1v) is 7.23. The van der Waals surface area contributed by atoms with Gasteiger partial charge in [0.2, 0.25) is 0 Å². The van der Waals surface area contributed by atoms with E-state index in [1.807, 2.05) is 18.2 Å². The monoisotopic (exact) mass is 288 g/mol. The van der Waals surface area contributed by atoms with Crippen LogP contribution in [0.1, 0.15) is 11.1 Å². The molecular weight excluding hydrogens is 272 g/mol. The van der Waals surface area contributed by atoms with Crippen LogP contribution in [0.3, 0.4) is 0 Å². The lowest BCUT2D eigenvalue weighted by Gasteiger charge is -2.06. The zero-order valence-corrected chi connectivity index (χ0v) is 12.2. The standard InChI is InChI=1S/C15H16N2O2S/c1-11-4-3-5-13(8-11)20-10-12-6-7-14(16-2)15(9-12)17(18)19/h3-9,16H,10H2,1-2H3. The van der Waals surface area contributed by atoms with Crippen LogP contribution in [0.4, 0.5) is 11.4 Å². The van der Waals surface area contributed by atoms with Gasteiger partial charge in [-0.25, -0.2) is 0 Å². The van der Waals surface area contributed by atoms with Gasteiger partial charge in [-0.3, -0.25) is 10.1 Å². The van der Waals surface area contributed by atoms with Crippen molar-refractivity contribution in [3.63, 3.8) is 0 Å². The summed E-state index contributed by atoms with van der Waals surface area (Å²) in [5, 5.41) is 13.8. The molecule has 0 fully saturated rings. The molecule has 0 aliphatic rings. The summed E-state index contributed by atoms with van der Waals surface area (Å²) in [4.78, 5) is 11.8. The Hall–Kier alpha value is -2.01. The number of nitro benzene ring substituents is 1. The third-order valence-electron chi connectivity index (χ3n) is 2.92. The van der Waals surface area contributed by atoms with Crippen molar-refractivity contribution in [2.75, 3.05) is 12.4 Å². The van der Waals surface area contributed by atoms with Gasteiger partial charge < -0.3 is 5.32 Å². The van der Waals surface area contributed by atoms with Gasteiger partial charge in [-0.05, 0) is 30.7 Å². The number of nitrogens with zero attached hydrogens (tertiary/aromatic N) is 1. The highest BCUT2D eigenvalue weighted by molar-refractivity contribution is 7.98. The summed E-state index contributed by atoms with van der Waals surface area (Å²) >= 11 is 1.68. The molecule has 5 heteroatoms. The van der Waals surface area contributed by atoms with E-state index >= 15 is 0 Å². The Morgan fingerprint density at radius 1 is 1.25 bits per heavy atom. The highest BCUT2D eigenvalue weighted by Gasteiger charge is 2.13. The van der Waals surface area contributed by atoms with Crippen molar-refractivity contribution in [3.05, 3.63) is 63.7 Å². The number of anilines is 1. The maximum Gasteiger partial charge on any atom is 0.292 e. The fraction of sp³-hybridized carbons (Fsp3) is 0.200. The molecule has 0 saturated heterocycles. The Bertz CT molecular complexity index is 629. The Labute approximate surface area is 122 Å². The molecule has 0 bridgehead atoms. The van der Waals surface area contributed by atoms with Crippen molar-refractivity contribution in [2.24, 2.45) is 0 Å². The van der Waals surface area contributed by atoms with E-state index in [1.54, 1.807) is 30.9 Å². The molecule has 0 heterocycles. The van der Waals surface area contributed by atoms with Crippen molar-refractivity contribution < 1.29 is 4.92 Å². The Morgan fingerprint density at radius 3 is 2.70 bits per heavy atom. The second-order valence-electron chi connectivity index (χ2n) is 4.46. The van der Waals surface area contributed by atoms with E-state index in [2.05, 4.69) is 24.4 Å². The second-order valence-corrected chi connectivity index (χ2v) is 5.51. The molecule has 0 aromatic heterocycles. The lowest BCUT2D eigenvalue weighted by Crippen LogP contribution is -1.97. The number of nitro groups is 1. The second kappa shape index (κ2) is 6.43. The average molecular weight is 288 g/mol. The lowest BCUT2D eigenvalue weighted by atomic mass is 10.2. The van der Waals surface area contributed by atoms with Crippen LogP contribution in [0.5, 0.6) is 0 Å². The molecule has 104 valence electrons. The van der Waals surface area contributed by atoms with E-state index in [1.165, 1.54) is 10.5 Å². The van der Waals surface area contributed by atoms with Gasteiger partial charge >= 0.3 is 0 Å². The molecule has 0 amide bonds. The van der Waals surface area contributed by atoms with E-state index in [0.717, 1.165) is 5.56 Å². The van der Waals surface area contributed by atoms with Gasteiger partial charge in [0, 0.05) is 23.8 Å². The predicted molar refractivity (Wildman–Crippen MR) is 83.4 cm³/mol. The molecule has 0 aliphatic heterocycles. The quantitative estimate of drug-likeness (QED) is 0.508.